The van der Waals surface area contributed by atoms with Gasteiger partial charge in [-0.25, -0.2) is 0 Å². The summed E-state index contributed by atoms with van der Waals surface area (Å²) in [7, 11) is 0. The largest absolute Gasteiger partial charge is 0.376 e. The smallest absolute Gasteiger partial charge is 0.0738 e. The van der Waals surface area contributed by atoms with Gasteiger partial charge in [-0.3, -0.25) is 4.90 Å². The first kappa shape index (κ1) is 17.7. The Morgan fingerprint density at radius 2 is 1.50 bits per heavy atom. The summed E-state index contributed by atoms with van der Waals surface area (Å²) in [6, 6.07) is 21.5. The molecule has 3 atom stereocenters. The van der Waals surface area contributed by atoms with E-state index in [0.717, 1.165) is 6.61 Å². The number of nitrogens with zero attached hydrogens (tertiary/aromatic N) is 1. The van der Waals surface area contributed by atoms with Crippen LogP contribution in [-0.4, -0.2) is 36.7 Å². The van der Waals surface area contributed by atoms with E-state index in [0.29, 0.717) is 31.3 Å². The van der Waals surface area contributed by atoms with Crippen LogP contribution in [0.2, 0.25) is 0 Å². The molecule has 138 valence electrons. The summed E-state index contributed by atoms with van der Waals surface area (Å²) >= 11 is 0. The number of hydrogen-bond donors (Lipinski definition) is 0. The second kappa shape index (κ2) is 8.81. The van der Waals surface area contributed by atoms with Gasteiger partial charge in [0.15, 0.2) is 0 Å². The molecule has 2 aliphatic rings. The van der Waals surface area contributed by atoms with Crippen LogP contribution >= 0.6 is 0 Å². The van der Waals surface area contributed by atoms with E-state index in [1.807, 2.05) is 0 Å². The maximum atomic E-state index is 6.38. The van der Waals surface area contributed by atoms with Crippen molar-refractivity contribution in [2.24, 2.45) is 5.92 Å². The quantitative estimate of drug-likeness (QED) is 0.743. The van der Waals surface area contributed by atoms with Crippen molar-refractivity contribution in [3.05, 3.63) is 71.8 Å². The lowest BCUT2D eigenvalue weighted by atomic mass is 9.91. The Bertz CT molecular complexity index is 660. The Kier molecular flexibility index (Phi) is 6.00. The van der Waals surface area contributed by atoms with Crippen molar-refractivity contribution >= 4 is 0 Å². The van der Waals surface area contributed by atoms with Gasteiger partial charge < -0.3 is 9.47 Å². The minimum atomic E-state index is 0.330. The van der Waals surface area contributed by atoms with Gasteiger partial charge in [-0.2, -0.15) is 0 Å². The van der Waals surface area contributed by atoms with Crippen LogP contribution in [0.15, 0.2) is 60.7 Å². The highest BCUT2D eigenvalue weighted by Gasteiger charge is 2.42. The Labute approximate surface area is 156 Å². The molecule has 4 rings (SSSR count). The molecule has 2 heterocycles. The van der Waals surface area contributed by atoms with Gasteiger partial charge in [0.1, 0.15) is 0 Å². The highest BCUT2D eigenvalue weighted by atomic mass is 16.5. The Balaban J connectivity index is 1.32. The molecule has 2 fully saturated rings. The fourth-order valence-electron chi connectivity index (χ4n) is 4.46. The molecule has 0 aromatic heterocycles. The summed E-state index contributed by atoms with van der Waals surface area (Å²) in [4.78, 5) is 2.63. The third-order valence-electron chi connectivity index (χ3n) is 5.76. The summed E-state index contributed by atoms with van der Waals surface area (Å²) in [6.45, 7) is 4.66. The summed E-state index contributed by atoms with van der Waals surface area (Å²) < 4.78 is 12.5. The minimum Gasteiger partial charge on any atom is -0.376 e. The highest BCUT2D eigenvalue weighted by Crippen LogP contribution is 2.34. The van der Waals surface area contributed by atoms with E-state index >= 15 is 0 Å². The van der Waals surface area contributed by atoms with Gasteiger partial charge in [-0.1, -0.05) is 60.7 Å². The molecule has 0 radical (unpaired) electrons. The molecule has 26 heavy (non-hydrogen) atoms. The fraction of sp³-hybridized carbons (Fsp3) is 0.478. The maximum Gasteiger partial charge on any atom is 0.0738 e. The molecule has 0 aliphatic carbocycles. The zero-order chi connectivity index (χ0) is 17.6. The van der Waals surface area contributed by atoms with Crippen molar-refractivity contribution in [2.45, 2.75) is 44.6 Å². The average molecular weight is 351 g/mol. The number of fused-ring (bicyclic) bond motifs is 1. The van der Waals surface area contributed by atoms with E-state index in [1.54, 1.807) is 0 Å². The molecule has 2 aliphatic heterocycles. The predicted octanol–water partition coefficient (Wildman–Crippen LogP) is 4.27. The van der Waals surface area contributed by atoms with E-state index in [2.05, 4.69) is 65.6 Å². The van der Waals surface area contributed by atoms with E-state index in [4.69, 9.17) is 9.47 Å². The number of benzene rings is 2. The monoisotopic (exact) mass is 351 g/mol. The lowest BCUT2D eigenvalue weighted by Crippen LogP contribution is -2.48. The molecule has 0 bridgehead atoms. The van der Waals surface area contributed by atoms with Gasteiger partial charge in [0.25, 0.3) is 0 Å². The zero-order valence-electron chi connectivity index (χ0n) is 15.4. The third-order valence-corrected chi connectivity index (χ3v) is 5.76. The van der Waals surface area contributed by atoms with Gasteiger partial charge in [0.2, 0.25) is 0 Å². The van der Waals surface area contributed by atoms with Gasteiger partial charge in [0.05, 0.1) is 25.9 Å². The second-order valence-corrected chi connectivity index (χ2v) is 7.55. The highest BCUT2D eigenvalue weighted by molar-refractivity contribution is 5.14. The molecule has 2 saturated heterocycles. The molecule has 2 aromatic carbocycles. The lowest BCUT2D eigenvalue weighted by molar-refractivity contribution is -0.0592. The van der Waals surface area contributed by atoms with E-state index in [-0.39, 0.29) is 0 Å². The van der Waals surface area contributed by atoms with Crippen LogP contribution in [-0.2, 0) is 22.7 Å². The third kappa shape index (κ3) is 4.35. The van der Waals surface area contributed by atoms with Crippen LogP contribution in [0.5, 0.6) is 0 Å². The first-order valence-electron chi connectivity index (χ1n) is 9.91. The summed E-state index contributed by atoms with van der Waals surface area (Å²) in [5, 5.41) is 0. The van der Waals surface area contributed by atoms with Crippen LogP contribution in [0, 0.1) is 5.92 Å². The summed E-state index contributed by atoms with van der Waals surface area (Å²) in [5.74, 6) is 0.583. The molecule has 0 saturated carbocycles. The summed E-state index contributed by atoms with van der Waals surface area (Å²) in [6.07, 6.45) is 3.97. The molecule has 0 unspecified atom stereocenters. The first-order chi connectivity index (χ1) is 12.9. The Morgan fingerprint density at radius 3 is 2.23 bits per heavy atom. The number of ether oxygens (including phenoxy) is 2. The normalized spacial score (nSPS) is 25.9. The Hall–Kier alpha value is -1.68. The molecule has 0 amide bonds. The van der Waals surface area contributed by atoms with E-state index in [1.165, 1.54) is 43.5 Å². The van der Waals surface area contributed by atoms with Crippen LogP contribution in [0.1, 0.15) is 30.4 Å². The van der Waals surface area contributed by atoms with Crippen LogP contribution in [0.25, 0.3) is 0 Å². The average Bonchev–Trinajstić information content (AvgIpc) is 3.12. The molecule has 0 N–H and O–H groups in total. The molecule has 0 spiro atoms. The summed E-state index contributed by atoms with van der Waals surface area (Å²) in [5.41, 5.74) is 2.52. The van der Waals surface area contributed by atoms with E-state index in [9.17, 15) is 0 Å². The molecule has 3 heteroatoms. The number of piperidine rings is 1. The number of rotatable bonds is 7. The Morgan fingerprint density at radius 1 is 0.808 bits per heavy atom. The standard InChI is InChI=1S/C23H29NO2/c1-3-8-19(9-4-1)16-25-18-21-13-15-24-14-7-12-22(23(21)24)26-17-20-10-5-2-6-11-20/h1-6,8-11,21-23H,7,12-18H2/t21-,22-,23-/m1/s1. The van der Waals surface area contributed by atoms with Crippen molar-refractivity contribution in [1.82, 2.24) is 4.90 Å². The van der Waals surface area contributed by atoms with Crippen LogP contribution in [0.4, 0.5) is 0 Å². The fourth-order valence-corrected chi connectivity index (χ4v) is 4.46. The van der Waals surface area contributed by atoms with Crippen molar-refractivity contribution in [2.75, 3.05) is 19.7 Å². The second-order valence-electron chi connectivity index (χ2n) is 7.55. The van der Waals surface area contributed by atoms with Crippen LogP contribution in [0.3, 0.4) is 0 Å². The molecular weight excluding hydrogens is 322 g/mol. The van der Waals surface area contributed by atoms with Crippen molar-refractivity contribution in [1.29, 1.82) is 0 Å². The zero-order valence-corrected chi connectivity index (χ0v) is 15.4. The van der Waals surface area contributed by atoms with Crippen molar-refractivity contribution in [3.8, 4) is 0 Å². The van der Waals surface area contributed by atoms with Gasteiger partial charge in [-0.15, -0.1) is 0 Å². The first-order valence-corrected chi connectivity index (χ1v) is 9.91. The van der Waals surface area contributed by atoms with Crippen molar-refractivity contribution < 1.29 is 9.47 Å². The van der Waals surface area contributed by atoms with Crippen molar-refractivity contribution in [3.63, 3.8) is 0 Å². The molecule has 3 nitrogen and oxygen atoms in total. The van der Waals surface area contributed by atoms with Gasteiger partial charge >= 0.3 is 0 Å². The van der Waals surface area contributed by atoms with E-state index < -0.39 is 0 Å². The predicted molar refractivity (Wildman–Crippen MR) is 104 cm³/mol. The minimum absolute atomic E-state index is 0.330. The van der Waals surface area contributed by atoms with Gasteiger partial charge in [0, 0.05) is 12.0 Å². The lowest BCUT2D eigenvalue weighted by Gasteiger charge is -2.39. The van der Waals surface area contributed by atoms with Gasteiger partial charge in [-0.05, 0) is 43.5 Å². The van der Waals surface area contributed by atoms with Crippen LogP contribution < -0.4 is 0 Å². The topological polar surface area (TPSA) is 21.7 Å². The molecule has 2 aromatic rings. The number of hydrogen-bond acceptors (Lipinski definition) is 3. The molecular formula is C23H29NO2. The maximum absolute atomic E-state index is 6.38. The SMILES string of the molecule is c1ccc(COC[C@H]2CCN3CCC[C@@H](OCc4ccccc4)[C@@H]23)cc1.